The van der Waals surface area contributed by atoms with Crippen LogP contribution in [-0.4, -0.2) is 15.0 Å². The van der Waals surface area contributed by atoms with Gasteiger partial charge < -0.3 is 10.3 Å². The van der Waals surface area contributed by atoms with E-state index in [9.17, 15) is 13.2 Å². The first-order valence-electron chi connectivity index (χ1n) is 6.21. The molecule has 4 nitrogen and oxygen atoms in total. The minimum Gasteiger partial charge on any atom is -0.380 e. The first kappa shape index (κ1) is 13.4. The first-order valence-corrected chi connectivity index (χ1v) is 6.21. The Labute approximate surface area is 118 Å². The monoisotopic (exact) mass is 292 g/mol. The lowest BCUT2D eigenvalue weighted by Crippen LogP contribution is -2.08. The molecule has 0 aliphatic heterocycles. The maximum absolute atomic E-state index is 12.6. The van der Waals surface area contributed by atoms with Crippen LogP contribution in [0, 0.1) is 0 Å². The molecule has 0 radical (unpaired) electrons. The third kappa shape index (κ3) is 2.81. The van der Waals surface area contributed by atoms with Crippen molar-refractivity contribution < 1.29 is 13.2 Å². The number of alkyl halides is 3. The highest BCUT2D eigenvalue weighted by Crippen LogP contribution is 2.29. The summed E-state index contributed by atoms with van der Waals surface area (Å²) in [5.74, 6) is 0. The number of nitrogens with one attached hydrogen (secondary N) is 2. The summed E-state index contributed by atoms with van der Waals surface area (Å²) in [6.45, 7) is 0.251. The molecule has 108 valence electrons. The van der Waals surface area contributed by atoms with Gasteiger partial charge in [-0.2, -0.15) is 13.2 Å². The Bertz CT molecular complexity index is 764. The van der Waals surface area contributed by atoms with Crippen molar-refractivity contribution in [3.8, 4) is 0 Å². The standard InChI is InChI=1S/C14H11F3N4/c15-14(16,17)10-5-9(6-18-8-10)7-21-12-2-4-20-13-11(12)1-3-19-13/h1-6,8H,7H2,(H2,19,20,21). The zero-order valence-electron chi connectivity index (χ0n) is 10.8. The largest absolute Gasteiger partial charge is 0.417 e. The summed E-state index contributed by atoms with van der Waals surface area (Å²) >= 11 is 0. The summed E-state index contributed by atoms with van der Waals surface area (Å²) in [6.07, 6.45) is 1.24. The lowest BCUT2D eigenvalue weighted by atomic mass is 10.2. The predicted molar refractivity (Wildman–Crippen MR) is 72.7 cm³/mol. The second-order valence-corrected chi connectivity index (χ2v) is 4.53. The number of rotatable bonds is 3. The number of hydrogen-bond donors (Lipinski definition) is 2. The molecule has 0 bridgehead atoms. The Morgan fingerprint density at radius 3 is 2.86 bits per heavy atom. The molecule has 0 aromatic carbocycles. The van der Waals surface area contributed by atoms with Gasteiger partial charge in [-0.05, 0) is 23.8 Å². The molecular weight excluding hydrogens is 281 g/mol. The topological polar surface area (TPSA) is 53.6 Å². The van der Waals surface area contributed by atoms with Crippen molar-refractivity contribution >= 4 is 16.7 Å². The highest BCUT2D eigenvalue weighted by Gasteiger charge is 2.30. The zero-order chi connectivity index (χ0) is 14.9. The molecule has 3 heterocycles. The normalized spacial score (nSPS) is 11.8. The number of anilines is 1. The van der Waals surface area contributed by atoms with E-state index in [0.29, 0.717) is 5.56 Å². The van der Waals surface area contributed by atoms with E-state index in [-0.39, 0.29) is 6.54 Å². The summed E-state index contributed by atoms with van der Waals surface area (Å²) in [7, 11) is 0. The molecule has 0 aliphatic carbocycles. The summed E-state index contributed by atoms with van der Waals surface area (Å²) in [4.78, 5) is 10.8. The molecule has 0 unspecified atom stereocenters. The second kappa shape index (κ2) is 5.08. The van der Waals surface area contributed by atoms with Crippen LogP contribution >= 0.6 is 0 Å². The first-order chi connectivity index (χ1) is 10.0. The Morgan fingerprint density at radius 1 is 1.19 bits per heavy atom. The van der Waals surface area contributed by atoms with Crippen LogP contribution in [0.25, 0.3) is 11.0 Å². The van der Waals surface area contributed by atoms with E-state index in [1.165, 1.54) is 6.20 Å². The molecule has 0 aliphatic rings. The average Bonchev–Trinajstić information content (AvgIpc) is 2.93. The van der Waals surface area contributed by atoms with Gasteiger partial charge >= 0.3 is 6.18 Å². The third-order valence-corrected chi connectivity index (χ3v) is 3.07. The van der Waals surface area contributed by atoms with Crippen LogP contribution in [0.15, 0.2) is 43.0 Å². The SMILES string of the molecule is FC(F)(F)c1cncc(CNc2ccnc3[nH]ccc23)c1. The molecule has 0 atom stereocenters. The summed E-state index contributed by atoms with van der Waals surface area (Å²) in [5.41, 5.74) is 1.24. The van der Waals surface area contributed by atoms with Crippen molar-refractivity contribution in [1.82, 2.24) is 15.0 Å². The molecule has 3 aromatic rings. The van der Waals surface area contributed by atoms with E-state index < -0.39 is 11.7 Å². The summed E-state index contributed by atoms with van der Waals surface area (Å²) in [6, 6.07) is 4.72. The molecule has 2 N–H and O–H groups in total. The molecule has 0 saturated heterocycles. The molecule has 0 fully saturated rings. The van der Waals surface area contributed by atoms with Crippen LogP contribution in [0.3, 0.4) is 0 Å². The lowest BCUT2D eigenvalue weighted by Gasteiger charge is -2.10. The van der Waals surface area contributed by atoms with Crippen molar-refractivity contribution in [2.24, 2.45) is 0 Å². The number of halogens is 3. The summed E-state index contributed by atoms with van der Waals surface area (Å²) < 4.78 is 37.9. The number of nitrogens with zero attached hydrogens (tertiary/aromatic N) is 2. The fourth-order valence-electron chi connectivity index (χ4n) is 2.05. The Kier molecular flexibility index (Phi) is 3.25. The third-order valence-electron chi connectivity index (χ3n) is 3.07. The maximum atomic E-state index is 12.6. The molecule has 0 amide bonds. The van der Waals surface area contributed by atoms with Gasteiger partial charge in [-0.1, -0.05) is 0 Å². The van der Waals surface area contributed by atoms with Gasteiger partial charge in [0.05, 0.1) is 5.56 Å². The van der Waals surface area contributed by atoms with Crippen LogP contribution in [0.5, 0.6) is 0 Å². The van der Waals surface area contributed by atoms with E-state index in [2.05, 4.69) is 20.3 Å². The number of aromatic amines is 1. The molecule has 0 spiro atoms. The molecule has 0 saturated carbocycles. The van der Waals surface area contributed by atoms with Gasteiger partial charge in [0.2, 0.25) is 0 Å². The van der Waals surface area contributed by atoms with Crippen LogP contribution in [-0.2, 0) is 12.7 Å². The van der Waals surface area contributed by atoms with E-state index >= 15 is 0 Å². The number of pyridine rings is 2. The zero-order valence-corrected chi connectivity index (χ0v) is 10.8. The number of H-pyrrole nitrogens is 1. The van der Waals surface area contributed by atoms with Gasteiger partial charge in [0.15, 0.2) is 0 Å². The summed E-state index contributed by atoms with van der Waals surface area (Å²) in [5, 5.41) is 3.99. The van der Waals surface area contributed by atoms with Gasteiger partial charge in [0.1, 0.15) is 5.65 Å². The van der Waals surface area contributed by atoms with Crippen molar-refractivity contribution in [3.05, 3.63) is 54.1 Å². The highest BCUT2D eigenvalue weighted by atomic mass is 19.4. The van der Waals surface area contributed by atoms with E-state index in [0.717, 1.165) is 29.0 Å². The molecule has 7 heteroatoms. The van der Waals surface area contributed by atoms with Gasteiger partial charge in [-0.3, -0.25) is 4.98 Å². The molecule has 21 heavy (non-hydrogen) atoms. The van der Waals surface area contributed by atoms with Crippen molar-refractivity contribution in [3.63, 3.8) is 0 Å². The minimum atomic E-state index is -4.38. The van der Waals surface area contributed by atoms with Crippen LogP contribution in [0.2, 0.25) is 0 Å². The van der Waals surface area contributed by atoms with Gasteiger partial charge in [-0.25, -0.2) is 4.98 Å². The number of hydrogen-bond acceptors (Lipinski definition) is 3. The van der Waals surface area contributed by atoms with Crippen molar-refractivity contribution in [1.29, 1.82) is 0 Å². The molecule has 3 rings (SSSR count). The fraction of sp³-hybridized carbons (Fsp3) is 0.143. The Balaban J connectivity index is 1.80. The van der Waals surface area contributed by atoms with Crippen molar-refractivity contribution in [2.75, 3.05) is 5.32 Å². The van der Waals surface area contributed by atoms with Crippen LogP contribution in [0.4, 0.5) is 18.9 Å². The Morgan fingerprint density at radius 2 is 2.05 bits per heavy atom. The van der Waals surface area contributed by atoms with Gasteiger partial charge in [-0.15, -0.1) is 0 Å². The smallest absolute Gasteiger partial charge is 0.380 e. The van der Waals surface area contributed by atoms with E-state index in [1.807, 2.05) is 6.07 Å². The quantitative estimate of drug-likeness (QED) is 0.775. The minimum absolute atomic E-state index is 0.251. The van der Waals surface area contributed by atoms with Gasteiger partial charge in [0, 0.05) is 42.4 Å². The van der Waals surface area contributed by atoms with Crippen molar-refractivity contribution in [2.45, 2.75) is 12.7 Å². The molecule has 3 aromatic heterocycles. The number of aromatic nitrogens is 3. The van der Waals surface area contributed by atoms with Gasteiger partial charge in [0.25, 0.3) is 0 Å². The lowest BCUT2D eigenvalue weighted by molar-refractivity contribution is -0.137. The highest BCUT2D eigenvalue weighted by molar-refractivity contribution is 5.88. The van der Waals surface area contributed by atoms with E-state index in [1.54, 1.807) is 18.5 Å². The predicted octanol–water partition coefficient (Wildman–Crippen LogP) is 3.59. The molecular formula is C14H11F3N4. The average molecular weight is 292 g/mol. The fourth-order valence-corrected chi connectivity index (χ4v) is 2.05. The van der Waals surface area contributed by atoms with Crippen LogP contribution < -0.4 is 5.32 Å². The van der Waals surface area contributed by atoms with Crippen LogP contribution in [0.1, 0.15) is 11.1 Å². The number of fused-ring (bicyclic) bond motifs is 1. The Hall–Kier alpha value is -2.57. The van der Waals surface area contributed by atoms with E-state index in [4.69, 9.17) is 0 Å². The second-order valence-electron chi connectivity index (χ2n) is 4.53. The maximum Gasteiger partial charge on any atom is 0.417 e.